The zero-order chi connectivity index (χ0) is 6.04. The number of hydrogen-bond acceptors (Lipinski definition) is 0. The Morgan fingerprint density at radius 1 is 1.38 bits per heavy atom. The highest BCUT2D eigenvalue weighted by molar-refractivity contribution is 9.09. The Morgan fingerprint density at radius 2 is 1.88 bits per heavy atom. The Kier molecular flexibility index (Phi) is 2.21. The third-order valence-corrected chi connectivity index (χ3v) is 3.65. The molecule has 0 aromatic carbocycles. The first kappa shape index (κ1) is 6.88. The molecule has 0 amide bonds. The van der Waals surface area contributed by atoms with Gasteiger partial charge in [0.2, 0.25) is 0 Å². The van der Waals surface area contributed by atoms with Crippen molar-refractivity contribution in [2.45, 2.75) is 30.6 Å². The van der Waals surface area contributed by atoms with Crippen LogP contribution in [0.4, 0.5) is 0 Å². The standard InChI is InChI=1S/C6H10BrCl/c7-5-6(8)3-1-2-4-6/h1-5H2. The summed E-state index contributed by atoms with van der Waals surface area (Å²) in [7, 11) is 0. The second-order valence-electron chi connectivity index (χ2n) is 2.49. The molecule has 0 heterocycles. The molecule has 0 nitrogen and oxygen atoms in total. The van der Waals surface area contributed by atoms with Gasteiger partial charge in [0, 0.05) is 5.33 Å². The predicted molar refractivity (Wildman–Crippen MR) is 40.8 cm³/mol. The van der Waals surface area contributed by atoms with Gasteiger partial charge in [-0.05, 0) is 12.8 Å². The van der Waals surface area contributed by atoms with Crippen LogP contribution in [0.1, 0.15) is 25.7 Å². The molecule has 0 bridgehead atoms. The monoisotopic (exact) mass is 196 g/mol. The largest absolute Gasteiger partial charge is 0.118 e. The molecule has 0 saturated heterocycles. The molecule has 0 aliphatic heterocycles. The van der Waals surface area contributed by atoms with Gasteiger partial charge in [-0.25, -0.2) is 0 Å². The van der Waals surface area contributed by atoms with Crippen LogP contribution in [0.5, 0.6) is 0 Å². The van der Waals surface area contributed by atoms with E-state index < -0.39 is 0 Å². The minimum atomic E-state index is 0.125. The van der Waals surface area contributed by atoms with E-state index in [4.69, 9.17) is 11.6 Å². The molecule has 0 aromatic rings. The van der Waals surface area contributed by atoms with Gasteiger partial charge in [0.25, 0.3) is 0 Å². The van der Waals surface area contributed by atoms with Crippen molar-refractivity contribution in [2.24, 2.45) is 0 Å². The Balaban J connectivity index is 2.40. The number of rotatable bonds is 1. The van der Waals surface area contributed by atoms with E-state index in [0.29, 0.717) is 0 Å². The summed E-state index contributed by atoms with van der Waals surface area (Å²) in [6.07, 6.45) is 5.02. The SMILES string of the molecule is ClC1(CBr)CCCC1. The minimum Gasteiger partial charge on any atom is -0.118 e. The number of hydrogen-bond donors (Lipinski definition) is 0. The van der Waals surface area contributed by atoms with E-state index in [2.05, 4.69) is 15.9 Å². The molecule has 0 N–H and O–H groups in total. The Hall–Kier alpha value is 0.770. The lowest BCUT2D eigenvalue weighted by Gasteiger charge is -2.15. The van der Waals surface area contributed by atoms with Gasteiger partial charge < -0.3 is 0 Å². The van der Waals surface area contributed by atoms with Gasteiger partial charge in [0.15, 0.2) is 0 Å². The van der Waals surface area contributed by atoms with Crippen LogP contribution in [-0.4, -0.2) is 10.2 Å². The van der Waals surface area contributed by atoms with Gasteiger partial charge in [-0.2, -0.15) is 0 Å². The summed E-state index contributed by atoms with van der Waals surface area (Å²) >= 11 is 9.51. The first-order valence-electron chi connectivity index (χ1n) is 3.02. The molecule has 1 saturated carbocycles. The van der Waals surface area contributed by atoms with Crippen LogP contribution in [0.25, 0.3) is 0 Å². The molecular weight excluding hydrogens is 187 g/mol. The maximum Gasteiger partial charge on any atom is 0.0543 e. The van der Waals surface area contributed by atoms with Crippen molar-refractivity contribution in [2.75, 3.05) is 5.33 Å². The van der Waals surface area contributed by atoms with Crippen molar-refractivity contribution >= 4 is 27.5 Å². The van der Waals surface area contributed by atoms with Crippen molar-refractivity contribution in [3.63, 3.8) is 0 Å². The van der Waals surface area contributed by atoms with Crippen LogP contribution in [0, 0.1) is 0 Å². The molecule has 0 radical (unpaired) electrons. The zero-order valence-electron chi connectivity index (χ0n) is 4.79. The molecule has 2 heteroatoms. The summed E-state index contributed by atoms with van der Waals surface area (Å²) in [5, 5.41) is 0.960. The maximum atomic E-state index is 6.11. The summed E-state index contributed by atoms with van der Waals surface area (Å²) in [4.78, 5) is 0.125. The third-order valence-electron chi connectivity index (χ3n) is 1.74. The summed E-state index contributed by atoms with van der Waals surface area (Å²) in [6.45, 7) is 0. The third kappa shape index (κ3) is 1.38. The zero-order valence-corrected chi connectivity index (χ0v) is 7.13. The molecule has 8 heavy (non-hydrogen) atoms. The lowest BCUT2D eigenvalue weighted by molar-refractivity contribution is 0.674. The second-order valence-corrected chi connectivity index (χ2v) is 3.85. The van der Waals surface area contributed by atoms with Crippen molar-refractivity contribution in [1.29, 1.82) is 0 Å². The molecule has 48 valence electrons. The van der Waals surface area contributed by atoms with Crippen molar-refractivity contribution in [3.05, 3.63) is 0 Å². The van der Waals surface area contributed by atoms with Gasteiger partial charge in [-0.3, -0.25) is 0 Å². The van der Waals surface area contributed by atoms with Crippen LogP contribution in [-0.2, 0) is 0 Å². The Bertz CT molecular complexity index is 76.6. The summed E-state index contributed by atoms with van der Waals surface area (Å²) < 4.78 is 0. The number of alkyl halides is 2. The summed E-state index contributed by atoms with van der Waals surface area (Å²) in [6, 6.07) is 0. The molecule has 0 unspecified atom stereocenters. The van der Waals surface area contributed by atoms with Crippen molar-refractivity contribution in [1.82, 2.24) is 0 Å². The van der Waals surface area contributed by atoms with E-state index in [1.54, 1.807) is 0 Å². The van der Waals surface area contributed by atoms with Crippen LogP contribution < -0.4 is 0 Å². The van der Waals surface area contributed by atoms with E-state index >= 15 is 0 Å². The first-order chi connectivity index (χ1) is 3.77. The highest BCUT2D eigenvalue weighted by Crippen LogP contribution is 2.36. The molecule has 1 aliphatic rings. The van der Waals surface area contributed by atoms with Crippen molar-refractivity contribution < 1.29 is 0 Å². The van der Waals surface area contributed by atoms with Crippen LogP contribution in [0.15, 0.2) is 0 Å². The molecule has 1 aliphatic carbocycles. The summed E-state index contributed by atoms with van der Waals surface area (Å²) in [5.74, 6) is 0. The van der Waals surface area contributed by atoms with Gasteiger partial charge in [-0.15, -0.1) is 11.6 Å². The molecule has 0 spiro atoms. The van der Waals surface area contributed by atoms with Crippen LogP contribution in [0.2, 0.25) is 0 Å². The second kappa shape index (κ2) is 2.57. The average Bonchev–Trinajstić information content (AvgIpc) is 2.17. The lowest BCUT2D eigenvalue weighted by atomic mass is 10.1. The Labute approximate surface area is 63.7 Å². The topological polar surface area (TPSA) is 0 Å². The van der Waals surface area contributed by atoms with Gasteiger partial charge >= 0.3 is 0 Å². The van der Waals surface area contributed by atoms with Gasteiger partial charge in [-0.1, -0.05) is 28.8 Å². The van der Waals surface area contributed by atoms with E-state index in [1.165, 1.54) is 25.7 Å². The molecule has 1 rings (SSSR count). The smallest absolute Gasteiger partial charge is 0.0543 e. The molecule has 0 aromatic heterocycles. The molecular formula is C6H10BrCl. The van der Waals surface area contributed by atoms with E-state index in [9.17, 15) is 0 Å². The van der Waals surface area contributed by atoms with E-state index in [0.717, 1.165) is 5.33 Å². The van der Waals surface area contributed by atoms with Crippen LogP contribution in [0.3, 0.4) is 0 Å². The van der Waals surface area contributed by atoms with E-state index in [-0.39, 0.29) is 4.87 Å². The van der Waals surface area contributed by atoms with Crippen LogP contribution >= 0.6 is 27.5 Å². The molecule has 1 fully saturated rings. The lowest BCUT2D eigenvalue weighted by Crippen LogP contribution is -2.16. The maximum absolute atomic E-state index is 6.11. The predicted octanol–water partition coefficient (Wildman–Crippen LogP) is 2.93. The van der Waals surface area contributed by atoms with E-state index in [1.807, 2.05) is 0 Å². The van der Waals surface area contributed by atoms with Gasteiger partial charge in [0.05, 0.1) is 4.87 Å². The highest BCUT2D eigenvalue weighted by Gasteiger charge is 2.29. The fraction of sp³-hybridized carbons (Fsp3) is 1.00. The molecule has 0 atom stereocenters. The normalized spacial score (nSPS) is 26.2. The fourth-order valence-electron chi connectivity index (χ4n) is 1.14. The summed E-state index contributed by atoms with van der Waals surface area (Å²) in [5.41, 5.74) is 0. The minimum absolute atomic E-state index is 0.125. The fourth-order valence-corrected chi connectivity index (χ4v) is 1.97. The number of halogens is 2. The first-order valence-corrected chi connectivity index (χ1v) is 4.52. The Morgan fingerprint density at radius 3 is 2.12 bits per heavy atom. The van der Waals surface area contributed by atoms with Gasteiger partial charge in [0.1, 0.15) is 0 Å². The highest BCUT2D eigenvalue weighted by atomic mass is 79.9. The van der Waals surface area contributed by atoms with Crippen molar-refractivity contribution in [3.8, 4) is 0 Å². The average molecular weight is 198 g/mol. The quantitative estimate of drug-likeness (QED) is 0.567.